The Hall–Kier alpha value is -1.81. The second-order valence-electron chi connectivity index (χ2n) is 3.19. The number of pyridine rings is 1. The molecule has 0 aliphatic heterocycles. The van der Waals surface area contributed by atoms with Gasteiger partial charge in [-0.05, 0) is 24.3 Å². The highest BCUT2D eigenvalue weighted by Crippen LogP contribution is 2.16. The van der Waals surface area contributed by atoms with Crippen molar-refractivity contribution in [3.05, 3.63) is 48.2 Å². The van der Waals surface area contributed by atoms with E-state index < -0.39 is 0 Å². The summed E-state index contributed by atoms with van der Waals surface area (Å²) in [4.78, 5) is 9.01. The molecule has 0 bridgehead atoms. The number of aliphatic imine (C=N–C) groups is 1. The Balaban J connectivity index is 2.25. The van der Waals surface area contributed by atoms with Crippen LogP contribution >= 0.6 is 12.6 Å². The predicted octanol–water partition coefficient (Wildman–Crippen LogP) is 2.83. The summed E-state index contributed by atoms with van der Waals surface area (Å²) in [5, 5.41) is 9.52. The number of para-hydroxylation sites is 1. The fourth-order valence-electron chi connectivity index (χ4n) is 1.21. The van der Waals surface area contributed by atoms with Crippen molar-refractivity contribution in [2.24, 2.45) is 4.99 Å². The lowest BCUT2D eigenvalue weighted by Crippen LogP contribution is -1.81. The predicted molar refractivity (Wildman–Crippen MR) is 66.8 cm³/mol. The number of phenolic OH excluding ortho intramolecular Hbond substituents is 1. The average molecular weight is 230 g/mol. The van der Waals surface area contributed by atoms with E-state index in [9.17, 15) is 5.11 Å². The van der Waals surface area contributed by atoms with Crippen LogP contribution < -0.4 is 0 Å². The average Bonchev–Trinajstić information content (AvgIpc) is 2.28. The molecule has 1 heterocycles. The van der Waals surface area contributed by atoms with Gasteiger partial charge < -0.3 is 5.11 Å². The van der Waals surface area contributed by atoms with Gasteiger partial charge in [-0.3, -0.25) is 0 Å². The number of rotatable bonds is 2. The summed E-state index contributed by atoms with van der Waals surface area (Å²) in [6.45, 7) is 0. The van der Waals surface area contributed by atoms with Gasteiger partial charge in [0, 0.05) is 22.9 Å². The molecule has 4 heteroatoms. The van der Waals surface area contributed by atoms with E-state index in [1.54, 1.807) is 42.7 Å². The maximum Gasteiger partial charge on any atom is 0.152 e. The first-order valence-corrected chi connectivity index (χ1v) is 5.17. The zero-order valence-electron chi connectivity index (χ0n) is 8.41. The molecule has 0 saturated heterocycles. The molecule has 1 N–H and O–H groups in total. The van der Waals surface area contributed by atoms with Crippen LogP contribution in [0.4, 0.5) is 5.82 Å². The molecule has 0 fully saturated rings. The highest BCUT2D eigenvalue weighted by molar-refractivity contribution is 7.80. The third-order valence-corrected chi connectivity index (χ3v) is 2.28. The van der Waals surface area contributed by atoms with Crippen LogP contribution in [0.3, 0.4) is 0 Å². The van der Waals surface area contributed by atoms with Crippen LogP contribution in [-0.4, -0.2) is 16.3 Å². The third-order valence-electron chi connectivity index (χ3n) is 2.00. The van der Waals surface area contributed by atoms with Gasteiger partial charge in [0.1, 0.15) is 5.75 Å². The van der Waals surface area contributed by atoms with Gasteiger partial charge in [0.15, 0.2) is 5.82 Å². The van der Waals surface area contributed by atoms with Crippen molar-refractivity contribution in [2.45, 2.75) is 4.90 Å². The molecule has 0 radical (unpaired) electrons. The fraction of sp³-hybridized carbons (Fsp3) is 0. The summed E-state index contributed by atoms with van der Waals surface area (Å²) in [6.07, 6.45) is 3.21. The van der Waals surface area contributed by atoms with Gasteiger partial charge in [-0.1, -0.05) is 12.1 Å². The first kappa shape index (κ1) is 10.7. The highest BCUT2D eigenvalue weighted by Gasteiger charge is 1.95. The molecular formula is C12H10N2OS. The summed E-state index contributed by atoms with van der Waals surface area (Å²) < 4.78 is 0. The zero-order valence-corrected chi connectivity index (χ0v) is 9.30. The molecule has 1 aromatic carbocycles. The Bertz CT molecular complexity index is 526. The third kappa shape index (κ3) is 2.61. The van der Waals surface area contributed by atoms with Crippen molar-refractivity contribution in [1.29, 1.82) is 0 Å². The maximum atomic E-state index is 9.52. The second-order valence-corrected chi connectivity index (χ2v) is 3.71. The van der Waals surface area contributed by atoms with Crippen LogP contribution in [0.1, 0.15) is 5.56 Å². The number of hydrogen-bond donors (Lipinski definition) is 2. The molecule has 1 aromatic heterocycles. The number of phenols is 1. The molecule has 0 amide bonds. The van der Waals surface area contributed by atoms with Crippen molar-refractivity contribution < 1.29 is 5.11 Å². The van der Waals surface area contributed by atoms with Crippen molar-refractivity contribution in [2.75, 3.05) is 0 Å². The van der Waals surface area contributed by atoms with Crippen LogP contribution in [0.15, 0.2) is 52.5 Å². The number of aromatic hydroxyl groups is 1. The normalized spacial score (nSPS) is 10.8. The van der Waals surface area contributed by atoms with Crippen LogP contribution in [0.2, 0.25) is 0 Å². The number of thiol groups is 1. The first-order chi connectivity index (χ1) is 7.75. The van der Waals surface area contributed by atoms with E-state index in [1.807, 2.05) is 6.07 Å². The van der Waals surface area contributed by atoms with Gasteiger partial charge in [0.05, 0.1) is 0 Å². The Morgan fingerprint density at radius 2 is 2.06 bits per heavy atom. The van der Waals surface area contributed by atoms with Crippen LogP contribution in [0.25, 0.3) is 0 Å². The molecule has 0 unspecified atom stereocenters. The number of hydrogen-bond acceptors (Lipinski definition) is 4. The fourth-order valence-corrected chi connectivity index (χ4v) is 1.39. The second kappa shape index (κ2) is 4.81. The van der Waals surface area contributed by atoms with Gasteiger partial charge in [-0.2, -0.15) is 0 Å². The lowest BCUT2D eigenvalue weighted by molar-refractivity contribution is 0.474. The molecule has 2 aromatic rings. The summed E-state index contributed by atoms with van der Waals surface area (Å²) in [6, 6.07) is 10.5. The summed E-state index contributed by atoms with van der Waals surface area (Å²) >= 11 is 4.19. The maximum absolute atomic E-state index is 9.52. The van der Waals surface area contributed by atoms with Crippen molar-refractivity contribution >= 4 is 24.7 Å². The minimum Gasteiger partial charge on any atom is -0.507 e. The van der Waals surface area contributed by atoms with Gasteiger partial charge >= 0.3 is 0 Å². The molecule has 0 aliphatic rings. The van der Waals surface area contributed by atoms with Gasteiger partial charge in [-0.15, -0.1) is 12.6 Å². The van der Waals surface area contributed by atoms with Gasteiger partial charge in [-0.25, -0.2) is 9.98 Å². The number of aromatic nitrogens is 1. The van der Waals surface area contributed by atoms with Crippen LogP contribution in [-0.2, 0) is 0 Å². The van der Waals surface area contributed by atoms with Crippen molar-refractivity contribution in [3.63, 3.8) is 0 Å². The molecule has 0 saturated carbocycles. The minimum atomic E-state index is 0.202. The zero-order chi connectivity index (χ0) is 11.4. The lowest BCUT2D eigenvalue weighted by atomic mass is 10.2. The summed E-state index contributed by atoms with van der Waals surface area (Å²) in [7, 11) is 0. The standard InChI is InChI=1S/C12H10N2OS/c15-11-4-2-1-3-9(11)8-14-12-7-10(16)5-6-13-12/h1-8,15H,(H,13,16). The highest BCUT2D eigenvalue weighted by atomic mass is 32.1. The van der Waals surface area contributed by atoms with E-state index in [4.69, 9.17) is 0 Å². The van der Waals surface area contributed by atoms with Gasteiger partial charge in [0.2, 0.25) is 0 Å². The van der Waals surface area contributed by atoms with Gasteiger partial charge in [0.25, 0.3) is 0 Å². The minimum absolute atomic E-state index is 0.202. The van der Waals surface area contributed by atoms with Crippen molar-refractivity contribution in [1.82, 2.24) is 4.98 Å². The summed E-state index contributed by atoms with van der Waals surface area (Å²) in [5.41, 5.74) is 0.661. The molecule has 0 aliphatic carbocycles. The number of nitrogens with zero attached hydrogens (tertiary/aromatic N) is 2. The van der Waals surface area contributed by atoms with E-state index in [0.717, 1.165) is 4.90 Å². The van der Waals surface area contributed by atoms with Crippen LogP contribution in [0.5, 0.6) is 5.75 Å². The Morgan fingerprint density at radius 1 is 1.25 bits per heavy atom. The molecule has 2 rings (SSSR count). The SMILES string of the molecule is Oc1ccccc1C=Nc1cc(S)ccn1. The molecular weight excluding hydrogens is 220 g/mol. The lowest BCUT2D eigenvalue weighted by Gasteiger charge is -1.97. The largest absolute Gasteiger partial charge is 0.507 e. The van der Waals surface area contributed by atoms with E-state index in [-0.39, 0.29) is 5.75 Å². The molecule has 16 heavy (non-hydrogen) atoms. The Morgan fingerprint density at radius 3 is 2.81 bits per heavy atom. The topological polar surface area (TPSA) is 45.5 Å². The molecule has 0 atom stereocenters. The summed E-state index contributed by atoms with van der Waals surface area (Å²) in [5.74, 6) is 0.768. The Labute approximate surface area is 98.9 Å². The Kier molecular flexibility index (Phi) is 3.22. The molecule has 0 spiro atoms. The van der Waals surface area contributed by atoms with E-state index in [0.29, 0.717) is 11.4 Å². The van der Waals surface area contributed by atoms with Crippen LogP contribution in [0, 0.1) is 0 Å². The first-order valence-electron chi connectivity index (χ1n) is 4.73. The monoisotopic (exact) mass is 230 g/mol. The molecule has 3 nitrogen and oxygen atoms in total. The smallest absolute Gasteiger partial charge is 0.152 e. The quantitative estimate of drug-likeness (QED) is 0.615. The molecule has 80 valence electrons. The van der Waals surface area contributed by atoms with E-state index >= 15 is 0 Å². The number of benzene rings is 1. The van der Waals surface area contributed by atoms with E-state index in [2.05, 4.69) is 22.6 Å². The van der Waals surface area contributed by atoms with Crippen molar-refractivity contribution in [3.8, 4) is 5.75 Å². The van der Waals surface area contributed by atoms with E-state index in [1.165, 1.54) is 0 Å².